The number of hydrogen-bond donors (Lipinski definition) is 1. The van der Waals surface area contributed by atoms with Crippen LogP contribution in [0.3, 0.4) is 0 Å². The fourth-order valence-electron chi connectivity index (χ4n) is 3.09. The van der Waals surface area contributed by atoms with Crippen LogP contribution in [-0.2, 0) is 9.47 Å². The number of nitriles is 1. The second-order valence-electron chi connectivity index (χ2n) is 6.24. The Kier molecular flexibility index (Phi) is 6.09. The van der Waals surface area contributed by atoms with Crippen LogP contribution in [-0.4, -0.2) is 69.6 Å². The Hall–Kier alpha value is -2.30. The molecule has 2 saturated heterocycles. The number of ether oxygens (including phenoxy) is 2. The van der Waals surface area contributed by atoms with Gasteiger partial charge in [0.25, 0.3) is 0 Å². The van der Waals surface area contributed by atoms with E-state index in [1.54, 1.807) is 0 Å². The first-order valence-electron chi connectivity index (χ1n) is 8.73. The van der Waals surface area contributed by atoms with E-state index >= 15 is 0 Å². The summed E-state index contributed by atoms with van der Waals surface area (Å²) in [6.45, 7) is 5.32. The average Bonchev–Trinajstić information content (AvgIpc) is 2.93. The highest BCUT2D eigenvalue weighted by atomic mass is 16.6. The predicted octanol–water partition coefficient (Wildman–Crippen LogP) is 1.20. The Morgan fingerprint density at radius 3 is 2.76 bits per heavy atom. The summed E-state index contributed by atoms with van der Waals surface area (Å²) in [7, 11) is 0. The molecule has 134 valence electrons. The van der Waals surface area contributed by atoms with Crippen LogP contribution >= 0.6 is 0 Å². The summed E-state index contributed by atoms with van der Waals surface area (Å²) in [6, 6.07) is 9.68. The van der Waals surface area contributed by atoms with Crippen LogP contribution in [0, 0.1) is 11.3 Å². The number of carbonyl (C=O) groups is 1. The van der Waals surface area contributed by atoms with E-state index in [1.165, 1.54) is 0 Å². The van der Waals surface area contributed by atoms with E-state index < -0.39 is 0 Å². The van der Waals surface area contributed by atoms with Gasteiger partial charge in [-0.15, -0.1) is 0 Å². The average molecular weight is 344 g/mol. The number of hydrogen-bond acceptors (Lipinski definition) is 5. The molecule has 0 aromatic heterocycles. The third-order valence-corrected chi connectivity index (χ3v) is 4.51. The maximum atomic E-state index is 12.4. The van der Waals surface area contributed by atoms with Gasteiger partial charge in [-0.1, -0.05) is 0 Å². The summed E-state index contributed by atoms with van der Waals surface area (Å²) in [6.07, 6.45) is 0.857. The van der Waals surface area contributed by atoms with E-state index in [9.17, 15) is 4.79 Å². The molecular weight excluding hydrogens is 320 g/mol. The SMILES string of the molecule is N#Cc1ccc(N2CCCN(C(=O)NC[C@H]3COCCO3)CC2)cc1. The second-order valence-corrected chi connectivity index (χ2v) is 6.24. The van der Waals surface area contributed by atoms with E-state index in [1.807, 2.05) is 29.2 Å². The first-order chi connectivity index (χ1) is 12.3. The van der Waals surface area contributed by atoms with Gasteiger partial charge < -0.3 is 24.6 Å². The van der Waals surface area contributed by atoms with Gasteiger partial charge in [0.2, 0.25) is 0 Å². The zero-order valence-corrected chi connectivity index (χ0v) is 14.3. The van der Waals surface area contributed by atoms with Crippen molar-refractivity contribution in [2.75, 3.05) is 57.4 Å². The van der Waals surface area contributed by atoms with Gasteiger partial charge in [-0.3, -0.25) is 0 Å². The molecule has 0 aliphatic carbocycles. The summed E-state index contributed by atoms with van der Waals surface area (Å²) in [5, 5.41) is 11.8. The zero-order chi connectivity index (χ0) is 17.5. The molecule has 25 heavy (non-hydrogen) atoms. The third kappa shape index (κ3) is 4.84. The highest BCUT2D eigenvalue weighted by molar-refractivity contribution is 5.74. The number of rotatable bonds is 3. The van der Waals surface area contributed by atoms with Gasteiger partial charge in [-0.25, -0.2) is 4.79 Å². The minimum absolute atomic E-state index is 0.0455. The monoisotopic (exact) mass is 344 g/mol. The molecule has 2 heterocycles. The van der Waals surface area contributed by atoms with Gasteiger partial charge in [0.1, 0.15) is 0 Å². The molecule has 2 aliphatic rings. The first-order valence-corrected chi connectivity index (χ1v) is 8.73. The largest absolute Gasteiger partial charge is 0.376 e. The highest BCUT2D eigenvalue weighted by Crippen LogP contribution is 2.17. The Morgan fingerprint density at radius 2 is 2.04 bits per heavy atom. The number of carbonyl (C=O) groups excluding carboxylic acids is 1. The first kappa shape index (κ1) is 17.5. The van der Waals surface area contributed by atoms with E-state index in [0.29, 0.717) is 38.5 Å². The van der Waals surface area contributed by atoms with Crippen LogP contribution in [0.5, 0.6) is 0 Å². The maximum Gasteiger partial charge on any atom is 0.317 e. The molecule has 7 heteroatoms. The van der Waals surface area contributed by atoms with Crippen LogP contribution in [0.1, 0.15) is 12.0 Å². The number of anilines is 1. The number of amides is 2. The quantitative estimate of drug-likeness (QED) is 0.891. The molecular formula is C18H24N4O3. The molecule has 7 nitrogen and oxygen atoms in total. The molecule has 0 bridgehead atoms. The molecule has 1 atom stereocenters. The van der Waals surface area contributed by atoms with Gasteiger partial charge in [-0.2, -0.15) is 5.26 Å². The molecule has 2 amide bonds. The Bertz CT molecular complexity index is 608. The molecule has 0 unspecified atom stereocenters. The Morgan fingerprint density at radius 1 is 1.20 bits per heavy atom. The van der Waals surface area contributed by atoms with Crippen LogP contribution in [0.15, 0.2) is 24.3 Å². The van der Waals surface area contributed by atoms with Crippen molar-refractivity contribution >= 4 is 11.7 Å². The number of nitrogens with zero attached hydrogens (tertiary/aromatic N) is 3. The standard InChI is InChI=1S/C18H24N4O3/c19-12-15-2-4-16(5-3-15)21-6-1-7-22(9-8-21)18(23)20-13-17-14-24-10-11-25-17/h2-5,17H,1,6-11,13-14H2,(H,20,23)/t17-/m0/s1. The summed E-state index contributed by atoms with van der Waals surface area (Å²) >= 11 is 0. The fourth-order valence-corrected chi connectivity index (χ4v) is 3.09. The summed E-state index contributed by atoms with van der Waals surface area (Å²) in [4.78, 5) is 16.5. The lowest BCUT2D eigenvalue weighted by Gasteiger charge is -2.26. The lowest BCUT2D eigenvalue weighted by Crippen LogP contribution is -2.46. The predicted molar refractivity (Wildman–Crippen MR) is 93.5 cm³/mol. The minimum Gasteiger partial charge on any atom is -0.376 e. The minimum atomic E-state index is -0.0557. The Labute approximate surface area is 148 Å². The summed E-state index contributed by atoms with van der Waals surface area (Å²) in [5.74, 6) is 0. The molecule has 0 radical (unpaired) electrons. The molecule has 2 aliphatic heterocycles. The van der Waals surface area contributed by atoms with E-state index in [4.69, 9.17) is 14.7 Å². The normalized spacial score (nSPS) is 21.3. The molecule has 0 spiro atoms. The van der Waals surface area contributed by atoms with Crippen molar-refractivity contribution < 1.29 is 14.3 Å². The zero-order valence-electron chi connectivity index (χ0n) is 14.3. The molecule has 2 fully saturated rings. The fraction of sp³-hybridized carbons (Fsp3) is 0.556. The van der Waals surface area contributed by atoms with E-state index in [0.717, 1.165) is 31.7 Å². The van der Waals surface area contributed by atoms with Crippen molar-refractivity contribution in [2.24, 2.45) is 0 Å². The van der Waals surface area contributed by atoms with Crippen LogP contribution < -0.4 is 10.2 Å². The lowest BCUT2D eigenvalue weighted by atomic mass is 10.2. The maximum absolute atomic E-state index is 12.4. The van der Waals surface area contributed by atoms with Crippen LogP contribution in [0.25, 0.3) is 0 Å². The second kappa shape index (κ2) is 8.70. The van der Waals surface area contributed by atoms with Crippen LogP contribution in [0.2, 0.25) is 0 Å². The molecule has 3 rings (SSSR count). The van der Waals surface area contributed by atoms with Crippen molar-refractivity contribution in [3.8, 4) is 6.07 Å². The summed E-state index contributed by atoms with van der Waals surface area (Å²) < 4.78 is 10.9. The highest BCUT2D eigenvalue weighted by Gasteiger charge is 2.21. The van der Waals surface area contributed by atoms with Crippen molar-refractivity contribution in [1.82, 2.24) is 10.2 Å². The lowest BCUT2D eigenvalue weighted by molar-refractivity contribution is -0.0855. The number of benzene rings is 1. The Balaban J connectivity index is 1.48. The van der Waals surface area contributed by atoms with Crippen molar-refractivity contribution in [3.63, 3.8) is 0 Å². The van der Waals surface area contributed by atoms with Gasteiger partial charge in [0.15, 0.2) is 0 Å². The van der Waals surface area contributed by atoms with Crippen molar-refractivity contribution in [3.05, 3.63) is 29.8 Å². The molecule has 1 aromatic carbocycles. The van der Waals surface area contributed by atoms with Gasteiger partial charge in [-0.05, 0) is 30.7 Å². The summed E-state index contributed by atoms with van der Waals surface area (Å²) in [5.41, 5.74) is 1.75. The third-order valence-electron chi connectivity index (χ3n) is 4.51. The molecule has 0 saturated carbocycles. The topological polar surface area (TPSA) is 77.8 Å². The smallest absolute Gasteiger partial charge is 0.317 e. The van der Waals surface area contributed by atoms with Crippen LogP contribution in [0.4, 0.5) is 10.5 Å². The molecule has 1 N–H and O–H groups in total. The number of nitrogens with one attached hydrogen (secondary N) is 1. The van der Waals surface area contributed by atoms with Gasteiger partial charge in [0.05, 0.1) is 37.6 Å². The van der Waals surface area contributed by atoms with E-state index in [2.05, 4.69) is 16.3 Å². The van der Waals surface area contributed by atoms with Gasteiger partial charge in [0, 0.05) is 38.4 Å². The molecule has 1 aromatic rings. The number of urea groups is 1. The van der Waals surface area contributed by atoms with Gasteiger partial charge >= 0.3 is 6.03 Å². The van der Waals surface area contributed by atoms with Crippen molar-refractivity contribution in [2.45, 2.75) is 12.5 Å². The van der Waals surface area contributed by atoms with E-state index in [-0.39, 0.29) is 12.1 Å². The van der Waals surface area contributed by atoms with Crippen molar-refractivity contribution in [1.29, 1.82) is 5.26 Å².